The molecule has 0 saturated carbocycles. The van der Waals surface area contributed by atoms with Crippen LogP contribution in [-0.2, 0) is 11.8 Å². The molecule has 2 atom stereocenters. The number of fused-ring (bicyclic) bond motifs is 2. The molecule has 1 aliphatic heterocycles. The molecule has 1 N–H and O–H groups in total. The molecular weight excluding hydrogens is 496 g/mol. The van der Waals surface area contributed by atoms with Crippen molar-refractivity contribution in [3.05, 3.63) is 95.1 Å². The van der Waals surface area contributed by atoms with E-state index in [9.17, 15) is 9.59 Å². The number of para-hydroxylation sites is 1. The molecule has 1 aliphatic rings. The van der Waals surface area contributed by atoms with Crippen molar-refractivity contribution in [2.24, 2.45) is 13.0 Å². The molecule has 6 heteroatoms. The Labute approximate surface area is 237 Å². The van der Waals surface area contributed by atoms with Crippen molar-refractivity contribution < 1.29 is 9.59 Å². The minimum atomic E-state index is -0.600. The van der Waals surface area contributed by atoms with Crippen molar-refractivity contribution in [1.82, 2.24) is 19.7 Å². The molecule has 0 aliphatic carbocycles. The van der Waals surface area contributed by atoms with Crippen molar-refractivity contribution in [2.75, 3.05) is 27.2 Å². The van der Waals surface area contributed by atoms with E-state index in [1.165, 1.54) is 5.56 Å². The van der Waals surface area contributed by atoms with Crippen LogP contribution in [0.15, 0.2) is 72.8 Å². The van der Waals surface area contributed by atoms with E-state index in [4.69, 9.17) is 0 Å². The average molecular weight is 537 g/mol. The highest BCUT2D eigenvalue weighted by atomic mass is 16.2. The summed E-state index contributed by atoms with van der Waals surface area (Å²) >= 11 is 0. The third kappa shape index (κ3) is 5.04. The highest BCUT2D eigenvalue weighted by Crippen LogP contribution is 2.47. The van der Waals surface area contributed by atoms with Crippen molar-refractivity contribution in [3.63, 3.8) is 0 Å². The van der Waals surface area contributed by atoms with Crippen LogP contribution in [0.4, 0.5) is 0 Å². The van der Waals surface area contributed by atoms with E-state index < -0.39 is 12.1 Å². The zero-order valence-corrected chi connectivity index (χ0v) is 24.4. The van der Waals surface area contributed by atoms with Crippen molar-refractivity contribution in [1.29, 1.82) is 0 Å². The summed E-state index contributed by atoms with van der Waals surface area (Å²) in [6, 6.07) is 23.8. The van der Waals surface area contributed by atoms with Gasteiger partial charge >= 0.3 is 0 Å². The van der Waals surface area contributed by atoms with Gasteiger partial charge in [0.25, 0.3) is 5.91 Å². The Bertz CT molecular complexity index is 1530. The first-order chi connectivity index (χ1) is 19.2. The fourth-order valence-corrected chi connectivity index (χ4v) is 6.03. The number of nitrogens with one attached hydrogen (secondary N) is 1. The third-order valence-corrected chi connectivity index (χ3v) is 7.93. The van der Waals surface area contributed by atoms with Crippen molar-refractivity contribution in [3.8, 4) is 11.3 Å². The summed E-state index contributed by atoms with van der Waals surface area (Å²) in [5.41, 5.74) is 7.13. The maximum atomic E-state index is 14.3. The molecular formula is C34H40N4O2. The van der Waals surface area contributed by atoms with Crippen LogP contribution >= 0.6 is 0 Å². The normalized spacial score (nSPS) is 15.8. The van der Waals surface area contributed by atoms with E-state index in [2.05, 4.69) is 92.3 Å². The van der Waals surface area contributed by atoms with Crippen LogP contribution < -0.4 is 5.32 Å². The first kappa shape index (κ1) is 27.7. The van der Waals surface area contributed by atoms with E-state index in [0.717, 1.165) is 39.8 Å². The second-order valence-corrected chi connectivity index (χ2v) is 11.6. The minimum absolute atomic E-state index is 0.0863. The largest absolute Gasteiger partial charge is 0.353 e. The van der Waals surface area contributed by atoms with Gasteiger partial charge in [0.2, 0.25) is 5.91 Å². The smallest absolute Gasteiger partial charge is 0.255 e. The summed E-state index contributed by atoms with van der Waals surface area (Å²) in [6.07, 6.45) is 0.578. The average Bonchev–Trinajstić information content (AvgIpc) is 3.38. The number of hydrogen-bond donors (Lipinski definition) is 1. The molecule has 0 spiro atoms. The minimum Gasteiger partial charge on any atom is -0.353 e. The van der Waals surface area contributed by atoms with Gasteiger partial charge in [0.05, 0.1) is 11.7 Å². The summed E-state index contributed by atoms with van der Waals surface area (Å²) in [4.78, 5) is 32.0. The summed E-state index contributed by atoms with van der Waals surface area (Å²) in [6.45, 7) is 7.57. The number of nitrogens with zero attached hydrogens (tertiary/aromatic N) is 3. The molecule has 2 heterocycles. The number of carbonyl (C=O) groups is 2. The van der Waals surface area contributed by atoms with Crippen molar-refractivity contribution in [2.45, 2.75) is 39.3 Å². The van der Waals surface area contributed by atoms with Crippen LogP contribution in [0, 0.1) is 12.8 Å². The number of aryl methyl sites for hydroxylation is 2. The predicted octanol–water partition coefficient (Wildman–Crippen LogP) is 5.79. The highest BCUT2D eigenvalue weighted by molar-refractivity contribution is 6.04. The Morgan fingerprint density at radius 3 is 2.35 bits per heavy atom. The molecule has 3 aromatic carbocycles. The number of hydrogen-bond acceptors (Lipinski definition) is 3. The van der Waals surface area contributed by atoms with Gasteiger partial charge in [-0.05, 0) is 56.6 Å². The molecule has 0 radical (unpaired) electrons. The van der Waals surface area contributed by atoms with Gasteiger partial charge in [0, 0.05) is 42.2 Å². The number of benzene rings is 3. The maximum absolute atomic E-state index is 14.3. The Balaban J connectivity index is 1.73. The second-order valence-electron chi connectivity index (χ2n) is 11.6. The van der Waals surface area contributed by atoms with Crippen LogP contribution in [0.25, 0.3) is 22.2 Å². The molecule has 6 nitrogen and oxygen atoms in total. The summed E-state index contributed by atoms with van der Waals surface area (Å²) in [5, 5.41) is 4.22. The van der Waals surface area contributed by atoms with Crippen molar-refractivity contribution >= 4 is 22.7 Å². The van der Waals surface area contributed by atoms with Gasteiger partial charge in [-0.2, -0.15) is 0 Å². The molecule has 2 unspecified atom stereocenters. The topological polar surface area (TPSA) is 57.6 Å². The summed E-state index contributed by atoms with van der Waals surface area (Å²) in [5.74, 6) is 0.0430. The van der Waals surface area contributed by atoms with Crippen LogP contribution in [0.3, 0.4) is 0 Å². The SMILES string of the molecule is Cc1ccc(-c2c(C3c4ccccc4C(=O)N3C(CC(C)C)C(=O)NCCN(C)C)c3ccccc3n2C)cc1. The molecule has 0 saturated heterocycles. The third-order valence-electron chi connectivity index (χ3n) is 7.93. The Morgan fingerprint density at radius 2 is 1.65 bits per heavy atom. The fraction of sp³-hybridized carbons (Fsp3) is 0.353. The number of likely N-dealkylation sites (N-methyl/N-ethyl adjacent to an activating group) is 1. The molecule has 0 bridgehead atoms. The van der Waals surface area contributed by atoms with Crippen LogP contribution in [0.1, 0.15) is 53.4 Å². The zero-order valence-electron chi connectivity index (χ0n) is 24.4. The van der Waals surface area contributed by atoms with E-state index in [0.29, 0.717) is 18.5 Å². The number of aromatic nitrogens is 1. The summed E-state index contributed by atoms with van der Waals surface area (Å²) in [7, 11) is 6.07. The van der Waals surface area contributed by atoms with Gasteiger partial charge in [-0.1, -0.05) is 80.1 Å². The molecule has 4 aromatic rings. The zero-order chi connectivity index (χ0) is 28.6. The lowest BCUT2D eigenvalue weighted by molar-refractivity contribution is -0.126. The van der Waals surface area contributed by atoms with Crippen LogP contribution in [0.2, 0.25) is 0 Å². The fourth-order valence-electron chi connectivity index (χ4n) is 6.03. The number of carbonyl (C=O) groups excluding carboxylic acids is 2. The monoisotopic (exact) mass is 536 g/mol. The van der Waals surface area contributed by atoms with Crippen LogP contribution in [0.5, 0.6) is 0 Å². The lowest BCUT2D eigenvalue weighted by Crippen LogP contribution is -2.50. The Kier molecular flexibility index (Phi) is 7.81. The van der Waals surface area contributed by atoms with Gasteiger partial charge < -0.3 is 19.7 Å². The Hall–Kier alpha value is -3.90. The van der Waals surface area contributed by atoms with E-state index in [-0.39, 0.29) is 17.7 Å². The molecule has 2 amide bonds. The first-order valence-electron chi connectivity index (χ1n) is 14.2. The number of amides is 2. The molecule has 0 fully saturated rings. The van der Waals surface area contributed by atoms with Gasteiger partial charge in [-0.25, -0.2) is 0 Å². The van der Waals surface area contributed by atoms with Gasteiger partial charge in [0.15, 0.2) is 0 Å². The quantitative estimate of drug-likeness (QED) is 0.295. The lowest BCUT2D eigenvalue weighted by Gasteiger charge is -2.34. The van der Waals surface area contributed by atoms with E-state index in [1.54, 1.807) is 0 Å². The Morgan fingerprint density at radius 1 is 0.975 bits per heavy atom. The lowest BCUT2D eigenvalue weighted by atomic mass is 9.91. The first-order valence-corrected chi connectivity index (χ1v) is 14.2. The van der Waals surface area contributed by atoms with Gasteiger partial charge in [-0.15, -0.1) is 0 Å². The van der Waals surface area contributed by atoms with E-state index >= 15 is 0 Å². The molecule has 40 heavy (non-hydrogen) atoms. The summed E-state index contributed by atoms with van der Waals surface area (Å²) < 4.78 is 2.23. The molecule has 1 aromatic heterocycles. The maximum Gasteiger partial charge on any atom is 0.255 e. The molecule has 5 rings (SSSR count). The molecule has 208 valence electrons. The predicted molar refractivity (Wildman–Crippen MR) is 162 cm³/mol. The van der Waals surface area contributed by atoms with E-state index in [1.807, 2.05) is 42.1 Å². The standard InChI is InChI=1S/C34H40N4O2/c1-22(2)21-29(33(39)35-19-20-36(4)5)38-32(25-11-7-8-12-26(25)34(38)40)30-27-13-9-10-14-28(27)37(6)31(30)24-17-15-23(3)16-18-24/h7-18,22,29,32H,19-21H2,1-6H3,(H,35,39). The highest BCUT2D eigenvalue weighted by Gasteiger charge is 2.46. The van der Waals surface area contributed by atoms with Gasteiger partial charge in [-0.3, -0.25) is 9.59 Å². The van der Waals surface area contributed by atoms with Gasteiger partial charge in [0.1, 0.15) is 6.04 Å². The second kappa shape index (κ2) is 11.3. The van der Waals surface area contributed by atoms with Crippen LogP contribution in [-0.4, -0.2) is 59.4 Å². The number of rotatable bonds is 9.